The van der Waals surface area contributed by atoms with Crippen LogP contribution in [0.2, 0.25) is 0 Å². The second-order valence-electron chi connectivity index (χ2n) is 4.65. The lowest BCUT2D eigenvalue weighted by molar-refractivity contribution is 0.207. The normalized spacial score (nSPS) is 21.4. The van der Waals surface area contributed by atoms with Gasteiger partial charge in [-0.25, -0.2) is 0 Å². The van der Waals surface area contributed by atoms with Gasteiger partial charge in [0.15, 0.2) is 0 Å². The van der Waals surface area contributed by atoms with Crippen LogP contribution in [0.1, 0.15) is 40.0 Å². The third-order valence-corrected chi connectivity index (χ3v) is 3.13. The molecule has 1 aliphatic rings. The zero-order valence-corrected chi connectivity index (χ0v) is 10.5. The first-order valence-corrected chi connectivity index (χ1v) is 6.30. The van der Waals surface area contributed by atoms with Crippen LogP contribution in [0, 0.1) is 5.92 Å². The van der Waals surface area contributed by atoms with Gasteiger partial charge in [-0.15, -0.1) is 0 Å². The molecule has 0 aromatic rings. The van der Waals surface area contributed by atoms with E-state index in [2.05, 4.69) is 43.9 Å². The summed E-state index contributed by atoms with van der Waals surface area (Å²) in [6.45, 7) is 10.4. The lowest BCUT2D eigenvalue weighted by atomic mass is 9.99. The van der Waals surface area contributed by atoms with Crippen molar-refractivity contribution in [3.05, 3.63) is 23.8 Å². The molecule has 1 nitrogen and oxygen atoms in total. The molecule has 0 atom stereocenters. The first kappa shape index (κ1) is 12.5. The van der Waals surface area contributed by atoms with Gasteiger partial charge in [0.05, 0.1) is 0 Å². The molecule has 0 bridgehead atoms. The van der Waals surface area contributed by atoms with Gasteiger partial charge in [-0.05, 0) is 50.8 Å². The van der Waals surface area contributed by atoms with Crippen molar-refractivity contribution in [2.24, 2.45) is 5.92 Å². The highest BCUT2D eigenvalue weighted by atomic mass is 15.1. The van der Waals surface area contributed by atoms with E-state index in [-0.39, 0.29) is 0 Å². The van der Waals surface area contributed by atoms with Gasteiger partial charge in [0.2, 0.25) is 0 Å². The lowest BCUT2D eigenvalue weighted by Gasteiger charge is -2.30. The van der Waals surface area contributed by atoms with Crippen LogP contribution in [0.3, 0.4) is 0 Å². The van der Waals surface area contributed by atoms with Gasteiger partial charge in [0, 0.05) is 6.54 Å². The summed E-state index contributed by atoms with van der Waals surface area (Å²) in [6.07, 6.45) is 10.6. The van der Waals surface area contributed by atoms with Gasteiger partial charge in [-0.2, -0.15) is 0 Å². The van der Waals surface area contributed by atoms with E-state index in [4.69, 9.17) is 0 Å². The minimum absolute atomic E-state index is 0.932. The predicted molar refractivity (Wildman–Crippen MR) is 68.0 cm³/mol. The lowest BCUT2D eigenvalue weighted by Crippen LogP contribution is -2.34. The van der Waals surface area contributed by atoms with Crippen molar-refractivity contribution >= 4 is 0 Å². The molecule has 15 heavy (non-hydrogen) atoms. The molecule has 0 N–H and O–H groups in total. The summed E-state index contributed by atoms with van der Waals surface area (Å²) in [5.41, 5.74) is 1.48. The summed E-state index contributed by atoms with van der Waals surface area (Å²) in [5.74, 6) is 0.932. The molecule has 0 saturated carbocycles. The Bertz CT molecular complexity index is 219. The van der Waals surface area contributed by atoms with Gasteiger partial charge < -0.3 is 0 Å². The van der Waals surface area contributed by atoms with Crippen molar-refractivity contribution in [2.45, 2.75) is 40.0 Å². The van der Waals surface area contributed by atoms with E-state index < -0.39 is 0 Å². The summed E-state index contributed by atoms with van der Waals surface area (Å²) in [5, 5.41) is 0. The highest BCUT2D eigenvalue weighted by Gasteiger charge is 2.15. The molecular weight excluding hydrogens is 182 g/mol. The van der Waals surface area contributed by atoms with E-state index in [0.29, 0.717) is 0 Å². The van der Waals surface area contributed by atoms with Crippen molar-refractivity contribution in [3.63, 3.8) is 0 Å². The molecule has 1 rings (SSSR count). The van der Waals surface area contributed by atoms with Crippen molar-refractivity contribution < 1.29 is 0 Å². The first-order chi connectivity index (χ1) is 7.26. The molecule has 1 heterocycles. The fourth-order valence-electron chi connectivity index (χ4n) is 2.14. The van der Waals surface area contributed by atoms with Crippen LogP contribution in [0.4, 0.5) is 0 Å². The van der Waals surface area contributed by atoms with Gasteiger partial charge in [-0.1, -0.05) is 32.1 Å². The molecule has 0 aromatic carbocycles. The highest BCUT2D eigenvalue weighted by molar-refractivity contribution is 5.19. The number of hydrogen-bond acceptors (Lipinski definition) is 1. The van der Waals surface area contributed by atoms with Gasteiger partial charge >= 0.3 is 0 Å². The molecule has 0 aliphatic carbocycles. The Morgan fingerprint density at radius 3 is 2.53 bits per heavy atom. The number of hydrogen-bond donors (Lipinski definition) is 0. The zero-order valence-electron chi connectivity index (χ0n) is 10.5. The third kappa shape index (κ3) is 4.65. The van der Waals surface area contributed by atoms with Crippen molar-refractivity contribution in [1.29, 1.82) is 0 Å². The molecule has 1 fully saturated rings. The molecule has 0 radical (unpaired) electrons. The van der Waals surface area contributed by atoms with Gasteiger partial charge in [0.25, 0.3) is 0 Å². The van der Waals surface area contributed by atoms with Crippen LogP contribution in [-0.2, 0) is 0 Å². The second-order valence-corrected chi connectivity index (χ2v) is 4.65. The molecule has 1 heteroatoms. The summed E-state index contributed by atoms with van der Waals surface area (Å²) in [7, 11) is 0. The quantitative estimate of drug-likeness (QED) is 0.636. The first-order valence-electron chi connectivity index (χ1n) is 6.30. The van der Waals surface area contributed by atoms with E-state index in [1.165, 1.54) is 31.5 Å². The Hall–Kier alpha value is -0.560. The van der Waals surface area contributed by atoms with Gasteiger partial charge in [0.1, 0.15) is 0 Å². The minimum atomic E-state index is 0.932. The Morgan fingerprint density at radius 1 is 1.33 bits per heavy atom. The summed E-state index contributed by atoms with van der Waals surface area (Å²) in [6, 6.07) is 0. The van der Waals surface area contributed by atoms with Crippen LogP contribution in [-0.4, -0.2) is 24.5 Å². The maximum atomic E-state index is 2.58. The zero-order chi connectivity index (χ0) is 11.1. The van der Waals surface area contributed by atoms with Crippen molar-refractivity contribution in [2.75, 3.05) is 19.6 Å². The minimum Gasteiger partial charge on any atom is -0.299 e. The average molecular weight is 207 g/mol. The maximum Gasteiger partial charge on any atom is 0.0230 e. The van der Waals surface area contributed by atoms with Crippen LogP contribution in [0.15, 0.2) is 23.8 Å². The Balaban J connectivity index is 2.41. The number of allylic oxidation sites excluding steroid dienone is 2. The molecule has 0 aromatic heterocycles. The third-order valence-electron chi connectivity index (χ3n) is 3.13. The summed E-state index contributed by atoms with van der Waals surface area (Å²) >= 11 is 0. The number of nitrogens with zero attached hydrogens (tertiary/aromatic N) is 1. The van der Waals surface area contributed by atoms with Crippen LogP contribution < -0.4 is 0 Å². The highest BCUT2D eigenvalue weighted by Crippen LogP contribution is 2.17. The monoisotopic (exact) mass is 207 g/mol. The SMILES string of the molecule is C/C=C\C(=C/CC)CN1CCC(C)CC1. The molecule has 0 spiro atoms. The Kier molecular flexibility index (Phi) is 5.70. The predicted octanol–water partition coefficient (Wildman–Crippen LogP) is 3.63. The van der Waals surface area contributed by atoms with Gasteiger partial charge in [-0.3, -0.25) is 4.90 Å². The molecule has 0 amide bonds. The largest absolute Gasteiger partial charge is 0.299 e. The molecular formula is C14H25N. The van der Waals surface area contributed by atoms with E-state index in [1.807, 2.05) is 0 Å². The maximum absolute atomic E-state index is 2.58. The van der Waals surface area contributed by atoms with Crippen LogP contribution in [0.5, 0.6) is 0 Å². The average Bonchev–Trinajstić information content (AvgIpc) is 2.22. The Labute approximate surface area is 94.9 Å². The molecule has 0 unspecified atom stereocenters. The number of piperidine rings is 1. The summed E-state index contributed by atoms with van der Waals surface area (Å²) in [4.78, 5) is 2.58. The van der Waals surface area contributed by atoms with Crippen molar-refractivity contribution in [1.82, 2.24) is 4.90 Å². The smallest absolute Gasteiger partial charge is 0.0230 e. The van der Waals surface area contributed by atoms with E-state index in [9.17, 15) is 0 Å². The topological polar surface area (TPSA) is 3.24 Å². The number of rotatable bonds is 4. The summed E-state index contributed by atoms with van der Waals surface area (Å²) < 4.78 is 0. The van der Waals surface area contributed by atoms with Crippen LogP contribution in [0.25, 0.3) is 0 Å². The number of likely N-dealkylation sites (tertiary alicyclic amines) is 1. The van der Waals surface area contributed by atoms with Crippen molar-refractivity contribution in [3.8, 4) is 0 Å². The van der Waals surface area contributed by atoms with E-state index >= 15 is 0 Å². The second kappa shape index (κ2) is 6.84. The Morgan fingerprint density at radius 2 is 2.00 bits per heavy atom. The fraction of sp³-hybridized carbons (Fsp3) is 0.714. The molecule has 1 saturated heterocycles. The molecule has 86 valence electrons. The van der Waals surface area contributed by atoms with E-state index in [0.717, 1.165) is 18.9 Å². The molecule has 1 aliphatic heterocycles. The standard InChI is InChI=1S/C14H25N/c1-4-6-14(7-5-2)12-15-10-8-13(3)9-11-15/h4,6-7,13H,5,8-12H2,1-3H3/b6-4-,14-7+. The fourth-order valence-corrected chi connectivity index (χ4v) is 2.14. The van der Waals surface area contributed by atoms with Crippen LogP contribution >= 0.6 is 0 Å². The van der Waals surface area contributed by atoms with E-state index in [1.54, 1.807) is 0 Å².